The summed E-state index contributed by atoms with van der Waals surface area (Å²) in [6.45, 7) is 3.22. The average molecular weight is 392 g/mol. The highest BCUT2D eigenvalue weighted by atomic mass is 16.7. The molecule has 5 aliphatic rings. The topological polar surface area (TPSA) is 62.2 Å². The van der Waals surface area contributed by atoms with Crippen LogP contribution in [0.2, 0.25) is 0 Å². The summed E-state index contributed by atoms with van der Waals surface area (Å²) in [6, 6.07) is 13.4. The van der Waals surface area contributed by atoms with Crippen molar-refractivity contribution in [2.75, 3.05) is 26.4 Å². The minimum Gasteiger partial charge on any atom is -0.508 e. The van der Waals surface area contributed by atoms with Gasteiger partial charge in [-0.25, -0.2) is 0 Å². The number of fused-ring (bicyclic) bond motifs is 3. The Morgan fingerprint density at radius 2 is 1.72 bits per heavy atom. The number of phenolic OH excluding ortho intramolecular Hbond substituents is 1. The van der Waals surface area contributed by atoms with E-state index in [1.165, 1.54) is 5.56 Å². The normalized spacial score (nSPS) is 31.7. The van der Waals surface area contributed by atoms with Crippen LogP contribution < -0.4 is 9.47 Å². The van der Waals surface area contributed by atoms with Gasteiger partial charge in [-0.2, -0.15) is 0 Å². The van der Waals surface area contributed by atoms with E-state index < -0.39 is 0 Å². The molecule has 6 nitrogen and oxygen atoms in total. The van der Waals surface area contributed by atoms with E-state index in [0.29, 0.717) is 24.1 Å². The van der Waals surface area contributed by atoms with Crippen molar-refractivity contribution >= 4 is 5.91 Å². The molecule has 5 heterocycles. The summed E-state index contributed by atoms with van der Waals surface area (Å²) in [5.41, 5.74) is 1.86. The highest BCUT2D eigenvalue weighted by Crippen LogP contribution is 2.48. The molecular formula is C23H24N2O4. The van der Waals surface area contributed by atoms with Crippen LogP contribution in [0.4, 0.5) is 0 Å². The van der Waals surface area contributed by atoms with Gasteiger partial charge in [0.15, 0.2) is 11.5 Å². The largest absolute Gasteiger partial charge is 0.508 e. The summed E-state index contributed by atoms with van der Waals surface area (Å²) < 4.78 is 11.1. The number of benzene rings is 2. The number of hydrogen-bond donors (Lipinski definition) is 1. The van der Waals surface area contributed by atoms with Gasteiger partial charge in [-0.15, -0.1) is 0 Å². The van der Waals surface area contributed by atoms with E-state index in [0.717, 1.165) is 37.4 Å². The fourth-order valence-corrected chi connectivity index (χ4v) is 5.86. The maximum absolute atomic E-state index is 13.4. The highest BCUT2D eigenvalue weighted by Gasteiger charge is 2.54. The van der Waals surface area contributed by atoms with Gasteiger partial charge in [0.25, 0.3) is 5.91 Å². The summed E-state index contributed by atoms with van der Waals surface area (Å²) >= 11 is 0. The van der Waals surface area contributed by atoms with Crippen LogP contribution in [-0.2, 0) is 0 Å². The first kappa shape index (κ1) is 17.2. The van der Waals surface area contributed by atoms with Gasteiger partial charge >= 0.3 is 0 Å². The van der Waals surface area contributed by atoms with Gasteiger partial charge in [0.2, 0.25) is 6.79 Å². The summed E-state index contributed by atoms with van der Waals surface area (Å²) in [6.07, 6.45) is 2.32. The van der Waals surface area contributed by atoms with Crippen molar-refractivity contribution in [1.82, 2.24) is 9.80 Å². The van der Waals surface area contributed by atoms with Gasteiger partial charge in [0.05, 0.1) is 6.04 Å². The van der Waals surface area contributed by atoms with Gasteiger partial charge in [0, 0.05) is 24.1 Å². The van der Waals surface area contributed by atoms with Crippen LogP contribution in [0.15, 0.2) is 42.5 Å². The quantitative estimate of drug-likeness (QED) is 0.852. The van der Waals surface area contributed by atoms with Crippen LogP contribution in [0.3, 0.4) is 0 Å². The molecule has 2 bridgehead atoms. The molecule has 2 aromatic carbocycles. The maximum Gasteiger partial charge on any atom is 0.254 e. The van der Waals surface area contributed by atoms with Crippen molar-refractivity contribution in [3.05, 3.63) is 53.6 Å². The third-order valence-electron chi connectivity index (χ3n) is 7.19. The minimum absolute atomic E-state index is 0.0667. The predicted molar refractivity (Wildman–Crippen MR) is 106 cm³/mol. The maximum atomic E-state index is 13.4. The average Bonchev–Trinajstić information content (AvgIpc) is 3.40. The number of rotatable bonds is 2. The number of phenols is 1. The van der Waals surface area contributed by atoms with E-state index in [-0.39, 0.29) is 30.4 Å². The SMILES string of the molecule is O=C(c1ccc(O)cc1)N1C[C@@H](c2ccc3c(c2)OCO3)[C@@H]2[C@H]1C1CCN2CC1. The highest BCUT2D eigenvalue weighted by molar-refractivity contribution is 5.95. The number of hydrogen-bond acceptors (Lipinski definition) is 5. The monoisotopic (exact) mass is 392 g/mol. The van der Waals surface area contributed by atoms with Crippen molar-refractivity contribution < 1.29 is 19.4 Å². The second-order valence-electron chi connectivity index (χ2n) is 8.58. The van der Waals surface area contributed by atoms with Crippen molar-refractivity contribution in [2.45, 2.75) is 30.8 Å². The molecule has 150 valence electrons. The number of carbonyl (C=O) groups excluding carboxylic acids is 1. The van der Waals surface area contributed by atoms with Crippen LogP contribution in [0.25, 0.3) is 0 Å². The fourth-order valence-electron chi connectivity index (χ4n) is 5.86. The van der Waals surface area contributed by atoms with E-state index in [1.54, 1.807) is 24.3 Å². The molecule has 4 saturated heterocycles. The van der Waals surface area contributed by atoms with E-state index in [1.807, 2.05) is 6.07 Å². The van der Waals surface area contributed by atoms with Gasteiger partial charge in [-0.1, -0.05) is 6.07 Å². The molecule has 1 N–H and O–H groups in total. The Bertz CT molecular complexity index is 952. The molecule has 2 aromatic rings. The summed E-state index contributed by atoms with van der Waals surface area (Å²) in [7, 11) is 0. The summed E-state index contributed by atoms with van der Waals surface area (Å²) in [5, 5.41) is 9.59. The van der Waals surface area contributed by atoms with E-state index in [4.69, 9.17) is 9.47 Å². The Morgan fingerprint density at radius 3 is 2.52 bits per heavy atom. The number of likely N-dealkylation sites (tertiary alicyclic amines) is 1. The Labute approximate surface area is 169 Å². The lowest BCUT2D eigenvalue weighted by Gasteiger charge is -2.51. The molecule has 7 rings (SSSR count). The van der Waals surface area contributed by atoms with E-state index in [9.17, 15) is 9.90 Å². The van der Waals surface area contributed by atoms with Crippen LogP contribution in [0.5, 0.6) is 17.2 Å². The molecule has 3 atom stereocenters. The molecule has 0 saturated carbocycles. The first-order valence-corrected chi connectivity index (χ1v) is 10.4. The third kappa shape index (κ3) is 2.62. The molecule has 6 heteroatoms. The Hall–Kier alpha value is -2.73. The number of aromatic hydroxyl groups is 1. The zero-order valence-corrected chi connectivity index (χ0v) is 16.2. The first-order valence-electron chi connectivity index (χ1n) is 10.4. The molecule has 0 unspecified atom stereocenters. The molecule has 0 aromatic heterocycles. The van der Waals surface area contributed by atoms with Crippen LogP contribution >= 0.6 is 0 Å². The Kier molecular flexibility index (Phi) is 3.78. The molecule has 0 aliphatic carbocycles. The second kappa shape index (κ2) is 6.39. The van der Waals surface area contributed by atoms with Crippen LogP contribution in [0, 0.1) is 5.92 Å². The lowest BCUT2D eigenvalue weighted by atomic mass is 9.75. The lowest BCUT2D eigenvalue weighted by Crippen LogP contribution is -2.60. The Morgan fingerprint density at radius 1 is 0.966 bits per heavy atom. The van der Waals surface area contributed by atoms with Gasteiger partial charge in [-0.3, -0.25) is 9.69 Å². The number of nitrogens with zero attached hydrogens (tertiary/aromatic N) is 2. The van der Waals surface area contributed by atoms with Crippen molar-refractivity contribution in [1.29, 1.82) is 0 Å². The zero-order chi connectivity index (χ0) is 19.5. The number of ether oxygens (including phenoxy) is 2. The smallest absolute Gasteiger partial charge is 0.254 e. The minimum atomic E-state index is 0.0667. The van der Waals surface area contributed by atoms with Gasteiger partial charge in [0.1, 0.15) is 5.75 Å². The molecule has 0 radical (unpaired) electrons. The summed E-state index contributed by atoms with van der Waals surface area (Å²) in [5.74, 6) is 2.67. The lowest BCUT2D eigenvalue weighted by molar-refractivity contribution is -0.00341. The van der Waals surface area contributed by atoms with Gasteiger partial charge in [-0.05, 0) is 73.8 Å². The van der Waals surface area contributed by atoms with Crippen molar-refractivity contribution in [2.24, 2.45) is 5.92 Å². The predicted octanol–water partition coefficient (Wildman–Crippen LogP) is 2.82. The van der Waals surface area contributed by atoms with Gasteiger partial charge < -0.3 is 19.5 Å². The first-order chi connectivity index (χ1) is 14.2. The third-order valence-corrected chi connectivity index (χ3v) is 7.19. The zero-order valence-electron chi connectivity index (χ0n) is 16.2. The number of amides is 1. The number of piperidine rings is 3. The van der Waals surface area contributed by atoms with E-state index >= 15 is 0 Å². The van der Waals surface area contributed by atoms with Crippen molar-refractivity contribution in [3.63, 3.8) is 0 Å². The summed E-state index contributed by atoms with van der Waals surface area (Å²) in [4.78, 5) is 18.1. The molecule has 0 spiro atoms. The molecule has 5 aliphatic heterocycles. The fraction of sp³-hybridized carbons (Fsp3) is 0.435. The number of carbonyl (C=O) groups is 1. The second-order valence-corrected chi connectivity index (χ2v) is 8.58. The van der Waals surface area contributed by atoms with Crippen molar-refractivity contribution in [3.8, 4) is 17.2 Å². The molecule has 1 amide bonds. The van der Waals surface area contributed by atoms with Crippen LogP contribution in [0.1, 0.15) is 34.7 Å². The Balaban J connectivity index is 1.37. The molecule has 4 fully saturated rings. The molecular weight excluding hydrogens is 368 g/mol. The van der Waals surface area contributed by atoms with E-state index in [2.05, 4.69) is 21.9 Å². The standard InChI is InChI=1S/C23H24N2O4/c26-17-4-1-15(2-5-17)23(27)25-12-18(16-3-6-19-20(11-16)29-13-28-19)22-21(25)14-7-9-24(22)10-8-14/h1-6,11,14,18,21-22,26H,7-10,12-13H2/t18-,21+,22+/m0/s1. The van der Waals surface area contributed by atoms with Crippen LogP contribution in [-0.4, -0.2) is 59.3 Å². The molecule has 29 heavy (non-hydrogen) atoms.